The van der Waals surface area contributed by atoms with E-state index in [0.717, 1.165) is 35.6 Å². The number of carbonyl (C=O) groups excluding carboxylic acids is 1. The topological polar surface area (TPSA) is 91.0 Å². The van der Waals surface area contributed by atoms with Crippen LogP contribution in [0.2, 0.25) is 0 Å². The second kappa shape index (κ2) is 11.6. The summed E-state index contributed by atoms with van der Waals surface area (Å²) in [5.41, 5.74) is 1.03. The summed E-state index contributed by atoms with van der Waals surface area (Å²) >= 11 is 0. The molecule has 0 aromatic heterocycles. The molecular formula is C23H37FN4O4S. The van der Waals surface area contributed by atoms with Crippen molar-refractivity contribution in [2.45, 2.75) is 69.6 Å². The molecule has 0 bridgehead atoms. The van der Waals surface area contributed by atoms with Crippen LogP contribution in [0.4, 0.5) is 9.18 Å². The lowest BCUT2D eigenvalue weighted by Crippen LogP contribution is -2.61. The van der Waals surface area contributed by atoms with Gasteiger partial charge in [-0.15, -0.1) is 0 Å². The van der Waals surface area contributed by atoms with Gasteiger partial charge in [0.2, 0.25) is 0 Å². The highest BCUT2D eigenvalue weighted by molar-refractivity contribution is 7.87. The van der Waals surface area contributed by atoms with Gasteiger partial charge in [0.15, 0.2) is 0 Å². The van der Waals surface area contributed by atoms with E-state index in [9.17, 15) is 17.6 Å². The van der Waals surface area contributed by atoms with Gasteiger partial charge in [-0.05, 0) is 69.1 Å². The molecule has 3 rings (SSSR count). The third kappa shape index (κ3) is 6.88. The molecule has 1 saturated heterocycles. The van der Waals surface area contributed by atoms with Crippen molar-refractivity contribution in [3.05, 3.63) is 35.6 Å². The molecule has 0 unspecified atom stereocenters. The Bertz CT molecular complexity index is 890. The van der Waals surface area contributed by atoms with Gasteiger partial charge >= 0.3 is 6.03 Å². The number of nitrogens with zero attached hydrogens (tertiary/aromatic N) is 2. The van der Waals surface area contributed by atoms with Crippen LogP contribution in [0.25, 0.3) is 0 Å². The minimum absolute atomic E-state index is 0.0407. The van der Waals surface area contributed by atoms with Crippen molar-refractivity contribution >= 4 is 16.2 Å². The van der Waals surface area contributed by atoms with Crippen LogP contribution in [0.15, 0.2) is 24.3 Å². The van der Waals surface area contributed by atoms with Crippen LogP contribution in [0.5, 0.6) is 0 Å². The van der Waals surface area contributed by atoms with Crippen molar-refractivity contribution in [3.8, 4) is 0 Å². The molecule has 1 aromatic carbocycles. The van der Waals surface area contributed by atoms with Crippen molar-refractivity contribution < 1.29 is 22.3 Å². The fraction of sp³-hybridized carbons (Fsp3) is 0.696. The fourth-order valence-corrected chi connectivity index (χ4v) is 5.63. The molecule has 2 aliphatic rings. The zero-order chi connectivity index (χ0) is 24.0. The summed E-state index contributed by atoms with van der Waals surface area (Å²) in [5, 5.41) is 2.83. The van der Waals surface area contributed by atoms with Crippen molar-refractivity contribution in [1.82, 2.24) is 19.2 Å². The predicted octanol–water partition coefficient (Wildman–Crippen LogP) is 2.83. The lowest BCUT2D eigenvalue weighted by molar-refractivity contribution is -0.0174. The molecule has 2 fully saturated rings. The Morgan fingerprint density at radius 1 is 1.21 bits per heavy atom. The molecule has 10 heteroatoms. The number of piperidine rings is 1. The quantitative estimate of drug-likeness (QED) is 0.594. The standard InChI is InChI=1S/C23H37FN4O4S/c1-4-25-23(29)28-14-6-9-21(26-33(30,31)27(2)3)22(28)16-32-20-12-10-17(11-13-20)18-7-5-8-19(24)15-18/h5,7-8,15,17,20-22,26H,4,6,9-14,16H2,1-3H3,(H,25,29)/t17?,20?,21-,22+/m1/s1. The maximum Gasteiger partial charge on any atom is 0.317 e. The molecule has 33 heavy (non-hydrogen) atoms. The number of carbonyl (C=O) groups is 1. The van der Waals surface area contributed by atoms with E-state index in [-0.39, 0.29) is 30.6 Å². The number of halogens is 1. The highest BCUT2D eigenvalue weighted by Crippen LogP contribution is 2.34. The highest BCUT2D eigenvalue weighted by Gasteiger charge is 2.38. The maximum absolute atomic E-state index is 13.6. The predicted molar refractivity (Wildman–Crippen MR) is 126 cm³/mol. The number of rotatable bonds is 8. The van der Waals surface area contributed by atoms with Gasteiger partial charge in [0.25, 0.3) is 10.2 Å². The molecule has 2 atom stereocenters. The van der Waals surface area contributed by atoms with E-state index in [4.69, 9.17) is 4.74 Å². The van der Waals surface area contributed by atoms with Crippen LogP contribution in [-0.4, -0.2) is 75.6 Å². The van der Waals surface area contributed by atoms with Crippen LogP contribution in [0, 0.1) is 5.82 Å². The number of urea groups is 1. The summed E-state index contributed by atoms with van der Waals surface area (Å²) in [6, 6.07) is 5.79. The largest absolute Gasteiger partial charge is 0.376 e. The minimum atomic E-state index is -3.64. The molecule has 1 aromatic rings. The van der Waals surface area contributed by atoms with Crippen LogP contribution in [-0.2, 0) is 14.9 Å². The summed E-state index contributed by atoms with van der Waals surface area (Å²) in [4.78, 5) is 14.4. The Morgan fingerprint density at radius 3 is 2.58 bits per heavy atom. The first kappa shape index (κ1) is 25.9. The summed E-state index contributed by atoms with van der Waals surface area (Å²) in [5.74, 6) is 0.113. The van der Waals surface area contributed by atoms with Gasteiger partial charge in [0, 0.05) is 33.2 Å². The van der Waals surface area contributed by atoms with Crippen molar-refractivity contribution in [2.75, 3.05) is 33.8 Å². The molecule has 2 N–H and O–H groups in total. The van der Waals surface area contributed by atoms with Gasteiger partial charge in [-0.2, -0.15) is 17.4 Å². The van der Waals surface area contributed by atoms with Crippen LogP contribution in [0.1, 0.15) is 56.9 Å². The van der Waals surface area contributed by atoms with Crippen molar-refractivity contribution in [2.24, 2.45) is 0 Å². The Morgan fingerprint density at radius 2 is 1.94 bits per heavy atom. The summed E-state index contributed by atoms with van der Waals surface area (Å²) in [6.07, 6.45) is 4.92. The van der Waals surface area contributed by atoms with Gasteiger partial charge in [0.05, 0.1) is 18.8 Å². The van der Waals surface area contributed by atoms with Crippen molar-refractivity contribution in [3.63, 3.8) is 0 Å². The molecule has 1 saturated carbocycles. The first-order valence-electron chi connectivity index (χ1n) is 11.8. The third-order valence-corrected chi connectivity index (χ3v) is 8.21. The monoisotopic (exact) mass is 484 g/mol. The summed E-state index contributed by atoms with van der Waals surface area (Å²) in [6.45, 7) is 3.19. The zero-order valence-electron chi connectivity index (χ0n) is 19.8. The lowest BCUT2D eigenvalue weighted by atomic mass is 9.82. The number of ether oxygens (including phenoxy) is 1. The molecule has 8 nitrogen and oxygen atoms in total. The van der Waals surface area contributed by atoms with E-state index in [1.807, 2.05) is 13.0 Å². The molecule has 0 spiro atoms. The van der Waals surface area contributed by atoms with Gasteiger partial charge in [-0.25, -0.2) is 9.18 Å². The number of benzene rings is 1. The average molecular weight is 485 g/mol. The number of hydrogen-bond acceptors (Lipinski definition) is 4. The first-order valence-corrected chi connectivity index (χ1v) is 13.3. The molecule has 1 heterocycles. The van der Waals surface area contributed by atoms with Crippen LogP contribution >= 0.6 is 0 Å². The Hall–Kier alpha value is -1.75. The lowest BCUT2D eigenvalue weighted by Gasteiger charge is -2.42. The molecule has 186 valence electrons. The highest BCUT2D eigenvalue weighted by atomic mass is 32.2. The van der Waals surface area contributed by atoms with E-state index >= 15 is 0 Å². The first-order chi connectivity index (χ1) is 15.7. The van der Waals surface area contributed by atoms with E-state index in [2.05, 4.69) is 10.0 Å². The number of likely N-dealkylation sites (tertiary alicyclic amines) is 1. The summed E-state index contributed by atoms with van der Waals surface area (Å²) in [7, 11) is -0.675. The zero-order valence-corrected chi connectivity index (χ0v) is 20.6. The summed E-state index contributed by atoms with van der Waals surface area (Å²) < 4.78 is 48.7. The Labute approximate surface area is 197 Å². The molecular weight excluding hydrogens is 447 g/mol. The molecule has 2 amide bonds. The maximum atomic E-state index is 13.6. The minimum Gasteiger partial charge on any atom is -0.376 e. The van der Waals surface area contributed by atoms with Crippen LogP contribution < -0.4 is 10.0 Å². The van der Waals surface area contributed by atoms with Crippen molar-refractivity contribution in [1.29, 1.82) is 0 Å². The van der Waals surface area contributed by atoms with Gasteiger partial charge in [-0.3, -0.25) is 0 Å². The van der Waals surface area contributed by atoms with Crippen LogP contribution in [0.3, 0.4) is 0 Å². The third-order valence-electron chi connectivity index (χ3n) is 6.65. The number of amides is 2. The fourth-order valence-electron chi connectivity index (χ4n) is 4.76. The molecule has 1 aliphatic carbocycles. The number of hydrogen-bond donors (Lipinski definition) is 2. The second-order valence-electron chi connectivity index (χ2n) is 9.11. The average Bonchev–Trinajstić information content (AvgIpc) is 2.78. The van der Waals surface area contributed by atoms with E-state index < -0.39 is 16.3 Å². The normalized spacial score (nSPS) is 26.4. The molecule has 1 aliphatic heterocycles. The molecule has 0 radical (unpaired) electrons. The SMILES string of the molecule is CCNC(=O)N1CCC[C@@H](NS(=O)(=O)N(C)C)[C@@H]1COC1CCC(c2cccc(F)c2)CC1. The van der Waals surface area contributed by atoms with E-state index in [0.29, 0.717) is 31.8 Å². The van der Waals surface area contributed by atoms with Gasteiger partial charge in [-0.1, -0.05) is 12.1 Å². The second-order valence-corrected chi connectivity index (χ2v) is 11.0. The van der Waals surface area contributed by atoms with Gasteiger partial charge in [0.1, 0.15) is 5.82 Å². The van der Waals surface area contributed by atoms with E-state index in [1.165, 1.54) is 20.2 Å². The Kier molecular flexibility index (Phi) is 9.09. The Balaban J connectivity index is 1.63. The smallest absolute Gasteiger partial charge is 0.317 e. The van der Waals surface area contributed by atoms with Gasteiger partial charge < -0.3 is 15.0 Å². The van der Waals surface area contributed by atoms with E-state index in [1.54, 1.807) is 17.0 Å². The number of nitrogens with one attached hydrogen (secondary N) is 2.